The molecule has 0 unspecified atom stereocenters. The third-order valence-electron chi connectivity index (χ3n) is 22.6. The second kappa shape index (κ2) is 42.1. The van der Waals surface area contributed by atoms with Crippen molar-refractivity contribution in [3.05, 3.63) is 421 Å². The lowest BCUT2D eigenvalue weighted by atomic mass is 9.99. The molecule has 0 aliphatic carbocycles. The number of nitriles is 1. The number of fused-ring (bicyclic) bond motifs is 6. The SMILES string of the molecule is C#CCn1c(-c2ccc(C)cc2)c([N+](=O)[O-])c2ccc(C)cc2c1=O.Cc1ccc(-c2[nH]c(=O)c3cc(C)ccc3c2C=O)cc1.Cc1ccc(-c2[nH]c(=O)c3cc(C)ccc3c2NC=O)cc1.Cc1ccc(-c2c([N+](=O)[O-])c3ccc(C)cc3c(=O)n2CC#N)cc1.Cc1ccc2cc(-c3ccc(Br)cc3)[nH]c(=O)c2c1.Cc1ccc2cc(-c3ccc(C#C[Si](C)(C)C)cc3)[nH]c(=O)c2c1. The van der Waals surface area contributed by atoms with Crippen molar-refractivity contribution in [2.24, 2.45) is 0 Å². The Kier molecular flexibility index (Phi) is 30.0. The smallest absolute Gasteiger partial charge is 0.301 e. The number of carbonyl (C=O) groups excluding carboxylic acids is 2. The molecule has 5 N–H and O–H groups in total. The monoisotopic (exact) mass is 1880 g/mol. The van der Waals surface area contributed by atoms with Gasteiger partial charge in [-0.1, -0.05) is 285 Å². The van der Waals surface area contributed by atoms with Crippen molar-refractivity contribution in [1.82, 2.24) is 29.1 Å². The molecule has 136 heavy (non-hydrogen) atoms. The fraction of sp³-hybridized carbons (Fsp3) is 0.134. The summed E-state index contributed by atoms with van der Waals surface area (Å²) in [6.45, 7) is 25.7. The molecular weight excluding hydrogens is 1790 g/mol. The van der Waals surface area contributed by atoms with Crippen LogP contribution in [-0.2, 0) is 17.9 Å². The molecule has 22 nitrogen and oxygen atoms in total. The number of halogens is 1. The van der Waals surface area contributed by atoms with Crippen LogP contribution >= 0.6 is 15.9 Å². The predicted octanol–water partition coefficient (Wildman–Crippen LogP) is 23.5. The lowest BCUT2D eigenvalue weighted by Gasteiger charge is -2.14. The van der Waals surface area contributed by atoms with E-state index in [2.05, 4.69) is 78.2 Å². The highest BCUT2D eigenvalue weighted by Crippen LogP contribution is 2.39. The van der Waals surface area contributed by atoms with Gasteiger partial charge in [0.2, 0.25) is 6.41 Å². The third kappa shape index (κ3) is 22.3. The number of hydrogen-bond donors (Lipinski definition) is 5. The Morgan fingerprint density at radius 2 is 0.721 bits per heavy atom. The van der Waals surface area contributed by atoms with Crippen LogP contribution in [-0.4, -0.2) is 59.7 Å². The molecule has 0 saturated carbocycles. The van der Waals surface area contributed by atoms with Crippen LogP contribution in [0.25, 0.3) is 132 Å². The number of aromatic amines is 4. The number of aldehydes is 1. The van der Waals surface area contributed by atoms with Gasteiger partial charge >= 0.3 is 11.4 Å². The molecule has 0 spiro atoms. The molecule has 0 bridgehead atoms. The molecule has 0 radical (unpaired) electrons. The van der Waals surface area contributed by atoms with Gasteiger partial charge in [0, 0.05) is 70.6 Å². The highest BCUT2D eigenvalue weighted by Gasteiger charge is 2.29. The zero-order valence-corrected chi connectivity index (χ0v) is 79.6. The minimum Gasteiger partial charge on any atom is -0.326 e. The zero-order valence-electron chi connectivity index (χ0n) is 77.1. The molecule has 0 saturated heterocycles. The van der Waals surface area contributed by atoms with Crippen LogP contribution < -0.4 is 38.7 Å². The first-order valence-corrected chi connectivity index (χ1v) is 47.7. The maximum atomic E-state index is 13.0. The third-order valence-corrected chi connectivity index (χ3v) is 24.0. The second-order valence-electron chi connectivity index (χ2n) is 34.3. The maximum Gasteiger partial charge on any atom is 0.301 e. The van der Waals surface area contributed by atoms with Gasteiger partial charge in [-0.3, -0.25) is 67.7 Å². The minimum absolute atomic E-state index is 0.0350. The van der Waals surface area contributed by atoms with Gasteiger partial charge in [-0.05, 0) is 187 Å². The summed E-state index contributed by atoms with van der Waals surface area (Å²) in [4.78, 5) is 132. The fourth-order valence-corrected chi connectivity index (χ4v) is 16.5. The number of rotatable bonds is 13. The Morgan fingerprint density at radius 1 is 0.390 bits per heavy atom. The van der Waals surface area contributed by atoms with E-state index in [9.17, 15) is 58.6 Å². The van der Waals surface area contributed by atoms with Crippen molar-refractivity contribution in [3.8, 4) is 97.4 Å². The van der Waals surface area contributed by atoms with Gasteiger partial charge in [-0.25, -0.2) is 0 Å². The Labute approximate surface area is 792 Å². The van der Waals surface area contributed by atoms with Crippen LogP contribution in [0.1, 0.15) is 71.6 Å². The highest BCUT2D eigenvalue weighted by molar-refractivity contribution is 9.10. The Bertz CT molecular complexity index is 8140. The van der Waals surface area contributed by atoms with E-state index in [1.54, 1.807) is 66.7 Å². The number of terminal acetylenes is 1. The van der Waals surface area contributed by atoms with Gasteiger partial charge in [-0.2, -0.15) is 5.26 Å². The number of nitro groups is 2. The van der Waals surface area contributed by atoms with Gasteiger partial charge < -0.3 is 25.3 Å². The van der Waals surface area contributed by atoms with Crippen molar-refractivity contribution < 1.29 is 19.4 Å². The number of amides is 1. The average Bonchev–Trinajstić information content (AvgIpc) is 0.736. The van der Waals surface area contributed by atoms with E-state index in [1.165, 1.54) is 9.13 Å². The molecule has 18 aromatic rings. The molecule has 0 fully saturated rings. The number of benzene rings is 12. The van der Waals surface area contributed by atoms with E-state index in [4.69, 9.17) is 11.7 Å². The van der Waals surface area contributed by atoms with E-state index < -0.39 is 23.5 Å². The Morgan fingerprint density at radius 3 is 1.11 bits per heavy atom. The number of aryl methyl sites for hydroxylation is 10. The van der Waals surface area contributed by atoms with E-state index in [1.807, 2.05) is 275 Å². The van der Waals surface area contributed by atoms with Crippen LogP contribution in [0.15, 0.2) is 300 Å². The van der Waals surface area contributed by atoms with Crippen LogP contribution in [0.2, 0.25) is 19.6 Å². The molecule has 24 heteroatoms. The number of nitrogens with zero attached hydrogens (tertiary/aromatic N) is 5. The largest absolute Gasteiger partial charge is 0.326 e. The normalized spacial score (nSPS) is 10.8. The first-order chi connectivity index (χ1) is 65.0. The molecular formula is C112H95BrN10O12Si. The van der Waals surface area contributed by atoms with E-state index in [0.717, 1.165) is 133 Å². The van der Waals surface area contributed by atoms with E-state index in [0.29, 0.717) is 67.1 Å². The van der Waals surface area contributed by atoms with Crippen LogP contribution in [0.5, 0.6) is 0 Å². The lowest BCUT2D eigenvalue weighted by molar-refractivity contribution is -0.382. The maximum absolute atomic E-state index is 13.0. The molecule has 676 valence electrons. The summed E-state index contributed by atoms with van der Waals surface area (Å²) in [6.07, 6.45) is 6.86. The van der Waals surface area contributed by atoms with Gasteiger partial charge in [0.05, 0.1) is 61.1 Å². The number of aromatic nitrogens is 6. The number of pyridine rings is 6. The van der Waals surface area contributed by atoms with Crippen molar-refractivity contribution in [2.45, 2.75) is 102 Å². The molecule has 1 amide bonds. The van der Waals surface area contributed by atoms with Crippen molar-refractivity contribution in [2.75, 3.05) is 5.32 Å². The molecule has 6 aromatic heterocycles. The van der Waals surface area contributed by atoms with E-state index >= 15 is 0 Å². The van der Waals surface area contributed by atoms with Gasteiger partial charge in [-0.15, -0.1) is 12.0 Å². The quantitative estimate of drug-likeness (QED) is 0.0236. The first kappa shape index (κ1) is 96.7. The molecule has 0 atom stereocenters. The second-order valence-corrected chi connectivity index (χ2v) is 40.0. The molecule has 12 aromatic carbocycles. The predicted molar refractivity (Wildman–Crippen MR) is 555 cm³/mol. The number of carbonyl (C=O) groups is 2. The summed E-state index contributed by atoms with van der Waals surface area (Å²) >= 11 is 3.41. The molecule has 0 aliphatic rings. The molecule has 18 rings (SSSR count). The van der Waals surface area contributed by atoms with Crippen LogP contribution in [0, 0.1) is 125 Å². The minimum atomic E-state index is -1.37. The summed E-state index contributed by atoms with van der Waals surface area (Å²) in [6, 6.07) is 84.8. The number of anilines is 1. The Hall–Kier alpha value is -16.9. The topological polar surface area (TPSA) is 332 Å². The van der Waals surface area contributed by atoms with Gasteiger partial charge in [0.1, 0.15) is 26.0 Å². The van der Waals surface area contributed by atoms with Crippen LogP contribution in [0.4, 0.5) is 17.1 Å². The summed E-state index contributed by atoms with van der Waals surface area (Å²) in [7, 11) is -1.37. The number of H-pyrrole nitrogens is 4. The number of nitrogens with one attached hydrogen (secondary N) is 5. The van der Waals surface area contributed by atoms with Crippen molar-refractivity contribution in [3.63, 3.8) is 0 Å². The standard InChI is InChI=1S/C21H21NOSi.C20H16N2O3.C19H15N3O3.C18H16N2O2.C18H15NO2.C16H12BrNO/c1-15-5-8-18-14-20(22-21(23)19(18)13-15)17-9-6-16(7-10-17)11-12-24(2,3)4;1-4-11-21-18(15-8-5-13(2)6-9-15)19(22(24)25)16-10-7-14(3)12-17(16)20(21)23;1-12-3-6-14(7-4-12)17-18(22(24)25)15-8-5-13(2)11-16(15)19(23)21(17)10-9-20;1-11-3-6-13(7-4-11)16-17(19-10-21)14-8-5-12(2)9-15(14)18(22)20-16;1-11-3-6-13(7-4-11)17-16(10-20)14-8-5-12(2)9-15(14)18(21)19-17;1-10-2-3-12-9-15(18-16(19)14(12)8-10)11-4-6-13(17)7-5-11/h5-10,13-14H,1-4H3,(H,22,23);1,5-10,12H,11H2,2-3H3;3-8,11H,10H2,1-2H3;3-10H,1-2H3,(H,19,21)(H,20,22);3-10H,1-2H3,(H,19,21);2-9H,1H3,(H,18,19). The van der Waals surface area contributed by atoms with Crippen molar-refractivity contribution >= 4 is 118 Å². The summed E-state index contributed by atoms with van der Waals surface area (Å²) in [5.74, 6) is 5.68. The van der Waals surface area contributed by atoms with Gasteiger partial charge in [0.15, 0.2) is 6.29 Å². The summed E-state index contributed by atoms with van der Waals surface area (Å²) in [5.41, 5.74) is 22.3. The zero-order chi connectivity index (χ0) is 97.7. The fourth-order valence-electron chi connectivity index (χ4n) is 15.7. The van der Waals surface area contributed by atoms with E-state index in [-0.39, 0.29) is 74.4 Å². The highest BCUT2D eigenvalue weighted by atomic mass is 79.9. The number of hydrogen-bond acceptors (Lipinski definition) is 13. The molecule has 0 aliphatic heterocycles. The lowest BCUT2D eigenvalue weighted by Crippen LogP contribution is -2.23. The van der Waals surface area contributed by atoms with Crippen molar-refractivity contribution in [1.29, 1.82) is 5.26 Å². The summed E-state index contributed by atoms with van der Waals surface area (Å²) < 4.78 is 3.52. The Balaban J connectivity index is 0.000000138. The average molecular weight is 1880 g/mol. The summed E-state index contributed by atoms with van der Waals surface area (Å²) in [5, 5.41) is 42.7. The van der Waals surface area contributed by atoms with Gasteiger partial charge in [0.25, 0.3) is 33.4 Å². The molecule has 6 heterocycles. The van der Waals surface area contributed by atoms with Crippen LogP contribution in [0.3, 0.4) is 0 Å². The first-order valence-electron chi connectivity index (χ1n) is 43.4.